The molecule has 1 heterocycles. The number of rotatable bonds is 3. The van der Waals surface area contributed by atoms with Crippen LogP contribution in [0.15, 0.2) is 18.3 Å². The van der Waals surface area contributed by atoms with Crippen molar-refractivity contribution in [1.82, 2.24) is 4.98 Å². The van der Waals surface area contributed by atoms with Crippen LogP contribution in [0.3, 0.4) is 0 Å². The molecule has 0 unspecified atom stereocenters. The zero-order valence-corrected chi connectivity index (χ0v) is 7.07. The molecule has 0 spiro atoms. The molecule has 0 aromatic carbocycles. The highest BCUT2D eigenvalue weighted by Gasteiger charge is 1.98. The van der Waals surface area contributed by atoms with E-state index in [2.05, 4.69) is 4.98 Å². The van der Waals surface area contributed by atoms with E-state index in [1.165, 1.54) is 0 Å². The van der Waals surface area contributed by atoms with Gasteiger partial charge in [-0.2, -0.15) is 0 Å². The zero-order chi connectivity index (χ0) is 8.97. The van der Waals surface area contributed by atoms with Crippen molar-refractivity contribution in [3.8, 4) is 0 Å². The summed E-state index contributed by atoms with van der Waals surface area (Å²) in [7, 11) is 1.89. The van der Waals surface area contributed by atoms with Gasteiger partial charge in [0, 0.05) is 13.6 Å². The van der Waals surface area contributed by atoms with Crippen molar-refractivity contribution >= 4 is 11.5 Å². The first kappa shape index (κ1) is 8.80. The zero-order valence-electron chi connectivity index (χ0n) is 7.07. The first-order valence-corrected chi connectivity index (χ1v) is 3.77. The Bertz CT molecular complexity index is 235. The maximum absolute atomic E-state index is 8.67. The SMILES string of the molecule is CN(CCO)c1ccc(N)nc1. The Labute approximate surface area is 71.6 Å². The highest BCUT2D eigenvalue weighted by Crippen LogP contribution is 2.10. The van der Waals surface area contributed by atoms with Crippen LogP contribution in [0.5, 0.6) is 0 Å². The van der Waals surface area contributed by atoms with Crippen molar-refractivity contribution in [1.29, 1.82) is 0 Å². The minimum absolute atomic E-state index is 0.140. The van der Waals surface area contributed by atoms with Crippen LogP contribution >= 0.6 is 0 Å². The quantitative estimate of drug-likeness (QED) is 0.670. The Hall–Kier alpha value is -1.29. The third kappa shape index (κ3) is 2.10. The van der Waals surface area contributed by atoms with Gasteiger partial charge in [-0.25, -0.2) is 4.98 Å². The summed E-state index contributed by atoms with van der Waals surface area (Å²) in [6, 6.07) is 3.61. The average Bonchev–Trinajstić information content (AvgIpc) is 2.06. The van der Waals surface area contributed by atoms with E-state index in [1.807, 2.05) is 18.0 Å². The number of aliphatic hydroxyl groups excluding tert-OH is 1. The molecule has 0 aliphatic heterocycles. The normalized spacial score (nSPS) is 9.83. The minimum Gasteiger partial charge on any atom is -0.395 e. The van der Waals surface area contributed by atoms with E-state index in [0.717, 1.165) is 5.69 Å². The molecule has 12 heavy (non-hydrogen) atoms. The molecule has 0 amide bonds. The molecule has 4 nitrogen and oxygen atoms in total. The first-order chi connectivity index (χ1) is 5.74. The van der Waals surface area contributed by atoms with Gasteiger partial charge in [0.2, 0.25) is 0 Å². The Morgan fingerprint density at radius 1 is 1.58 bits per heavy atom. The molecule has 0 saturated carbocycles. The van der Waals surface area contributed by atoms with E-state index < -0.39 is 0 Å². The predicted molar refractivity (Wildman–Crippen MR) is 49.0 cm³/mol. The molecule has 66 valence electrons. The standard InChI is InChI=1S/C8H13N3O/c1-11(4-5-12)7-2-3-8(9)10-6-7/h2-3,6,12H,4-5H2,1H3,(H2,9,10). The van der Waals surface area contributed by atoms with E-state index in [-0.39, 0.29) is 6.61 Å². The highest BCUT2D eigenvalue weighted by atomic mass is 16.3. The number of likely N-dealkylation sites (N-methyl/N-ethyl adjacent to an activating group) is 1. The molecular formula is C8H13N3O. The van der Waals surface area contributed by atoms with Crippen LogP contribution in [0.4, 0.5) is 11.5 Å². The van der Waals surface area contributed by atoms with Crippen molar-refractivity contribution < 1.29 is 5.11 Å². The molecule has 0 radical (unpaired) electrons. The molecule has 0 atom stereocenters. The predicted octanol–water partition coefficient (Wildman–Crippen LogP) is 0.0923. The van der Waals surface area contributed by atoms with Crippen LogP contribution in [-0.4, -0.2) is 30.3 Å². The number of nitrogens with two attached hydrogens (primary N) is 1. The van der Waals surface area contributed by atoms with Crippen LogP contribution in [0.1, 0.15) is 0 Å². The summed E-state index contributed by atoms with van der Waals surface area (Å²) in [6.45, 7) is 0.743. The molecule has 0 aliphatic rings. The Kier molecular flexibility index (Phi) is 2.88. The third-order valence-corrected chi connectivity index (χ3v) is 1.65. The lowest BCUT2D eigenvalue weighted by Crippen LogP contribution is -2.21. The largest absolute Gasteiger partial charge is 0.395 e. The molecule has 1 aromatic heterocycles. The Balaban J connectivity index is 2.68. The number of hydrogen-bond donors (Lipinski definition) is 2. The summed E-state index contributed by atoms with van der Waals surface area (Å²) < 4.78 is 0. The third-order valence-electron chi connectivity index (χ3n) is 1.65. The van der Waals surface area contributed by atoms with Crippen LogP contribution < -0.4 is 10.6 Å². The minimum atomic E-state index is 0.140. The van der Waals surface area contributed by atoms with Gasteiger partial charge < -0.3 is 15.7 Å². The van der Waals surface area contributed by atoms with E-state index >= 15 is 0 Å². The molecule has 0 bridgehead atoms. The van der Waals surface area contributed by atoms with E-state index in [1.54, 1.807) is 12.3 Å². The van der Waals surface area contributed by atoms with E-state index in [9.17, 15) is 0 Å². The maximum atomic E-state index is 8.67. The fourth-order valence-electron chi connectivity index (χ4n) is 0.902. The molecule has 0 saturated heterocycles. The average molecular weight is 167 g/mol. The second kappa shape index (κ2) is 3.92. The van der Waals surface area contributed by atoms with Gasteiger partial charge in [-0.15, -0.1) is 0 Å². The lowest BCUT2D eigenvalue weighted by atomic mass is 10.3. The Morgan fingerprint density at radius 2 is 2.33 bits per heavy atom. The van der Waals surface area contributed by atoms with E-state index in [0.29, 0.717) is 12.4 Å². The number of nitrogen functional groups attached to an aromatic ring is 1. The van der Waals surface area contributed by atoms with Gasteiger partial charge >= 0.3 is 0 Å². The lowest BCUT2D eigenvalue weighted by Gasteiger charge is -2.16. The summed E-state index contributed by atoms with van der Waals surface area (Å²) in [5.74, 6) is 0.510. The van der Waals surface area contributed by atoms with Crippen molar-refractivity contribution in [2.45, 2.75) is 0 Å². The molecule has 4 heteroatoms. The summed E-state index contributed by atoms with van der Waals surface area (Å²) in [5.41, 5.74) is 6.38. The molecule has 0 aliphatic carbocycles. The number of anilines is 2. The number of pyridine rings is 1. The maximum Gasteiger partial charge on any atom is 0.123 e. The van der Waals surface area contributed by atoms with Crippen molar-refractivity contribution in [2.75, 3.05) is 30.8 Å². The van der Waals surface area contributed by atoms with Crippen LogP contribution in [-0.2, 0) is 0 Å². The topological polar surface area (TPSA) is 62.4 Å². The number of nitrogens with zero attached hydrogens (tertiary/aromatic N) is 2. The summed E-state index contributed by atoms with van der Waals surface area (Å²) >= 11 is 0. The Morgan fingerprint density at radius 3 is 2.83 bits per heavy atom. The van der Waals surface area contributed by atoms with Gasteiger partial charge in [-0.1, -0.05) is 0 Å². The summed E-state index contributed by atoms with van der Waals surface area (Å²) in [4.78, 5) is 5.85. The molecule has 0 fully saturated rings. The van der Waals surface area contributed by atoms with Crippen LogP contribution in [0, 0.1) is 0 Å². The van der Waals surface area contributed by atoms with Crippen molar-refractivity contribution in [2.24, 2.45) is 0 Å². The fraction of sp³-hybridized carbons (Fsp3) is 0.375. The second-order valence-electron chi connectivity index (χ2n) is 2.59. The van der Waals surface area contributed by atoms with Crippen molar-refractivity contribution in [3.05, 3.63) is 18.3 Å². The van der Waals surface area contributed by atoms with Gasteiger partial charge in [0.1, 0.15) is 5.82 Å². The monoisotopic (exact) mass is 167 g/mol. The lowest BCUT2D eigenvalue weighted by molar-refractivity contribution is 0.304. The fourth-order valence-corrected chi connectivity index (χ4v) is 0.902. The molecule has 1 rings (SSSR count). The van der Waals surface area contributed by atoms with Gasteiger partial charge in [-0.3, -0.25) is 0 Å². The molecule has 1 aromatic rings. The molecule has 3 N–H and O–H groups in total. The molecular weight excluding hydrogens is 154 g/mol. The van der Waals surface area contributed by atoms with Gasteiger partial charge in [0.05, 0.1) is 18.5 Å². The first-order valence-electron chi connectivity index (χ1n) is 3.77. The van der Waals surface area contributed by atoms with Gasteiger partial charge in [-0.05, 0) is 12.1 Å². The highest BCUT2D eigenvalue weighted by molar-refractivity contribution is 5.47. The number of aliphatic hydroxyl groups is 1. The summed E-state index contributed by atoms with van der Waals surface area (Å²) in [5, 5.41) is 8.67. The van der Waals surface area contributed by atoms with Crippen LogP contribution in [0.2, 0.25) is 0 Å². The summed E-state index contributed by atoms with van der Waals surface area (Å²) in [6.07, 6.45) is 1.69. The van der Waals surface area contributed by atoms with Gasteiger partial charge in [0.15, 0.2) is 0 Å². The number of hydrogen-bond acceptors (Lipinski definition) is 4. The van der Waals surface area contributed by atoms with Crippen LogP contribution in [0.25, 0.3) is 0 Å². The smallest absolute Gasteiger partial charge is 0.123 e. The number of aromatic nitrogens is 1. The second-order valence-corrected chi connectivity index (χ2v) is 2.59. The van der Waals surface area contributed by atoms with Crippen molar-refractivity contribution in [3.63, 3.8) is 0 Å². The van der Waals surface area contributed by atoms with Gasteiger partial charge in [0.25, 0.3) is 0 Å². The van der Waals surface area contributed by atoms with E-state index in [4.69, 9.17) is 10.8 Å².